The molecule has 0 radical (unpaired) electrons. The number of halogens is 2. The molecule has 0 fully saturated rings. The Morgan fingerprint density at radius 2 is 1.71 bits per heavy atom. The molecule has 0 saturated carbocycles. The third kappa shape index (κ3) is 4.98. The summed E-state index contributed by atoms with van der Waals surface area (Å²) >= 11 is 0. The van der Waals surface area contributed by atoms with Crippen LogP contribution in [0.25, 0.3) is 28.5 Å². The van der Waals surface area contributed by atoms with Gasteiger partial charge in [0.1, 0.15) is 11.5 Å². The molecule has 3 aromatic carbocycles. The average molecular weight is 470 g/mol. The van der Waals surface area contributed by atoms with E-state index in [1.165, 1.54) is 6.08 Å². The zero-order valence-corrected chi connectivity index (χ0v) is 18.4. The molecular formula is C26H20F2N6O. The summed E-state index contributed by atoms with van der Waals surface area (Å²) in [7, 11) is 0. The number of fused-ring (bicyclic) bond motifs is 1. The molecule has 2 heterocycles. The lowest BCUT2D eigenvalue weighted by molar-refractivity contribution is -0.111. The normalized spacial score (nSPS) is 11.5. The summed E-state index contributed by atoms with van der Waals surface area (Å²) in [6.07, 6.45) is 4.69. The van der Waals surface area contributed by atoms with Crippen LogP contribution in [-0.4, -0.2) is 30.5 Å². The molecule has 0 bridgehead atoms. The van der Waals surface area contributed by atoms with Crippen molar-refractivity contribution in [3.05, 3.63) is 102 Å². The zero-order valence-electron chi connectivity index (χ0n) is 18.4. The number of nitrogens with zero attached hydrogens (tertiary/aromatic N) is 5. The van der Waals surface area contributed by atoms with Crippen molar-refractivity contribution in [2.75, 3.05) is 5.32 Å². The number of carbonyl (C=O) groups is 1. The molecule has 1 amide bonds. The fraction of sp³-hybridized carbons (Fsp3) is 0.0769. The topological polar surface area (TPSA) is 77.6 Å². The molecule has 174 valence electrons. The van der Waals surface area contributed by atoms with Crippen LogP contribution in [0.4, 0.5) is 14.5 Å². The minimum absolute atomic E-state index is 0.164. The first kappa shape index (κ1) is 22.1. The Labute approximate surface area is 199 Å². The third-order valence-electron chi connectivity index (χ3n) is 5.35. The van der Waals surface area contributed by atoms with Gasteiger partial charge in [-0.05, 0) is 48.0 Å². The molecular weight excluding hydrogens is 450 g/mol. The zero-order chi connectivity index (χ0) is 24.2. The minimum atomic E-state index is -2.73. The first-order valence-corrected chi connectivity index (χ1v) is 10.9. The summed E-state index contributed by atoms with van der Waals surface area (Å²) in [5, 5.41) is 10.9. The maximum Gasteiger partial charge on any atom is 0.320 e. The average Bonchev–Trinajstić information content (AvgIpc) is 3.48. The van der Waals surface area contributed by atoms with Crippen molar-refractivity contribution in [2.45, 2.75) is 13.1 Å². The van der Waals surface area contributed by atoms with Crippen LogP contribution < -0.4 is 5.32 Å². The summed E-state index contributed by atoms with van der Waals surface area (Å²) in [5.41, 5.74) is 3.54. The van der Waals surface area contributed by atoms with Crippen LogP contribution in [0.15, 0.2) is 91.1 Å². The number of benzene rings is 3. The molecule has 7 nitrogen and oxygen atoms in total. The molecule has 0 unspecified atom stereocenters. The Morgan fingerprint density at radius 3 is 2.49 bits per heavy atom. The van der Waals surface area contributed by atoms with Gasteiger partial charge >= 0.3 is 6.55 Å². The number of imidazole rings is 1. The van der Waals surface area contributed by atoms with E-state index in [1.54, 1.807) is 65.5 Å². The molecule has 2 aromatic heterocycles. The van der Waals surface area contributed by atoms with Crippen LogP contribution in [-0.2, 0) is 11.3 Å². The molecule has 0 spiro atoms. The monoisotopic (exact) mass is 470 g/mol. The van der Waals surface area contributed by atoms with E-state index in [0.29, 0.717) is 34.5 Å². The summed E-state index contributed by atoms with van der Waals surface area (Å²) in [6, 6.07) is 23.2. The minimum Gasteiger partial charge on any atom is -0.323 e. The SMILES string of the molecule is O=C(/C=C/c1cn(Cc2ccccc2)nn1)Nc1ccc(-c2nc3ccccc3n2C(F)F)cc1. The summed E-state index contributed by atoms with van der Waals surface area (Å²) < 4.78 is 30.0. The van der Waals surface area contributed by atoms with E-state index in [-0.39, 0.29) is 11.7 Å². The first-order chi connectivity index (χ1) is 17.1. The van der Waals surface area contributed by atoms with Crippen LogP contribution >= 0.6 is 0 Å². The summed E-state index contributed by atoms with van der Waals surface area (Å²) in [6.45, 7) is -2.15. The van der Waals surface area contributed by atoms with Gasteiger partial charge in [0.15, 0.2) is 0 Å². The highest BCUT2D eigenvalue weighted by atomic mass is 19.3. The maximum atomic E-state index is 13.7. The quantitative estimate of drug-likeness (QED) is 0.324. The van der Waals surface area contributed by atoms with Crippen LogP contribution in [0, 0.1) is 0 Å². The van der Waals surface area contributed by atoms with E-state index in [9.17, 15) is 13.6 Å². The van der Waals surface area contributed by atoms with Crippen LogP contribution in [0.3, 0.4) is 0 Å². The van der Waals surface area contributed by atoms with Gasteiger partial charge in [0.25, 0.3) is 0 Å². The molecule has 9 heteroatoms. The van der Waals surface area contributed by atoms with Gasteiger partial charge in [0.05, 0.1) is 23.8 Å². The summed E-state index contributed by atoms with van der Waals surface area (Å²) in [4.78, 5) is 16.7. The van der Waals surface area contributed by atoms with Gasteiger partial charge in [-0.25, -0.2) is 9.67 Å². The second kappa shape index (κ2) is 9.68. The van der Waals surface area contributed by atoms with E-state index in [0.717, 1.165) is 10.1 Å². The van der Waals surface area contributed by atoms with Crippen LogP contribution in [0.2, 0.25) is 0 Å². The number of aromatic nitrogens is 5. The first-order valence-electron chi connectivity index (χ1n) is 10.9. The van der Waals surface area contributed by atoms with E-state index in [1.807, 2.05) is 30.3 Å². The maximum absolute atomic E-state index is 13.7. The van der Waals surface area contributed by atoms with E-state index in [2.05, 4.69) is 20.6 Å². The Hall–Kier alpha value is -4.66. The molecule has 35 heavy (non-hydrogen) atoms. The van der Waals surface area contributed by atoms with Crippen molar-refractivity contribution >= 4 is 28.7 Å². The third-order valence-corrected chi connectivity index (χ3v) is 5.35. The van der Waals surface area contributed by atoms with Crippen molar-refractivity contribution in [1.82, 2.24) is 24.5 Å². The fourth-order valence-electron chi connectivity index (χ4n) is 3.73. The number of rotatable bonds is 7. The molecule has 0 saturated heterocycles. The van der Waals surface area contributed by atoms with Crippen molar-refractivity contribution < 1.29 is 13.6 Å². The highest BCUT2D eigenvalue weighted by Gasteiger charge is 2.18. The number of para-hydroxylation sites is 2. The smallest absolute Gasteiger partial charge is 0.320 e. The van der Waals surface area contributed by atoms with Gasteiger partial charge < -0.3 is 5.32 Å². The largest absolute Gasteiger partial charge is 0.323 e. The highest BCUT2D eigenvalue weighted by Crippen LogP contribution is 2.30. The predicted octanol–water partition coefficient (Wildman–Crippen LogP) is 5.39. The highest BCUT2D eigenvalue weighted by molar-refractivity contribution is 6.01. The Kier molecular flexibility index (Phi) is 6.13. The number of hydrogen-bond acceptors (Lipinski definition) is 4. The lowest BCUT2D eigenvalue weighted by atomic mass is 10.2. The Bertz CT molecular complexity index is 1490. The lowest BCUT2D eigenvalue weighted by Gasteiger charge is -2.08. The molecule has 5 aromatic rings. The molecule has 0 aliphatic rings. The van der Waals surface area contributed by atoms with Crippen molar-refractivity contribution in [1.29, 1.82) is 0 Å². The van der Waals surface area contributed by atoms with Gasteiger partial charge in [0, 0.05) is 17.3 Å². The second-order valence-electron chi connectivity index (χ2n) is 7.80. The Morgan fingerprint density at radius 1 is 0.971 bits per heavy atom. The number of anilines is 1. The molecule has 0 aliphatic heterocycles. The lowest BCUT2D eigenvalue weighted by Crippen LogP contribution is -2.07. The van der Waals surface area contributed by atoms with Gasteiger partial charge in [-0.3, -0.25) is 9.36 Å². The Balaban J connectivity index is 1.25. The van der Waals surface area contributed by atoms with E-state index >= 15 is 0 Å². The molecule has 5 rings (SSSR count). The van der Waals surface area contributed by atoms with Gasteiger partial charge in [-0.1, -0.05) is 47.7 Å². The molecule has 1 N–H and O–H groups in total. The van der Waals surface area contributed by atoms with Gasteiger partial charge in [-0.15, -0.1) is 5.10 Å². The van der Waals surface area contributed by atoms with Gasteiger partial charge in [0.2, 0.25) is 5.91 Å². The number of nitrogens with one attached hydrogen (secondary N) is 1. The number of carbonyl (C=O) groups excluding carboxylic acids is 1. The fourth-order valence-corrected chi connectivity index (χ4v) is 3.73. The van der Waals surface area contributed by atoms with Crippen molar-refractivity contribution in [3.63, 3.8) is 0 Å². The molecule has 0 atom stereocenters. The van der Waals surface area contributed by atoms with Crippen molar-refractivity contribution in [2.24, 2.45) is 0 Å². The van der Waals surface area contributed by atoms with E-state index < -0.39 is 6.55 Å². The van der Waals surface area contributed by atoms with Crippen LogP contribution in [0.1, 0.15) is 17.8 Å². The van der Waals surface area contributed by atoms with E-state index in [4.69, 9.17) is 0 Å². The number of hydrogen-bond donors (Lipinski definition) is 1. The predicted molar refractivity (Wildman–Crippen MR) is 130 cm³/mol. The second-order valence-corrected chi connectivity index (χ2v) is 7.80. The van der Waals surface area contributed by atoms with Gasteiger partial charge in [-0.2, -0.15) is 8.78 Å². The van der Waals surface area contributed by atoms with Crippen LogP contribution in [0.5, 0.6) is 0 Å². The number of alkyl halides is 2. The van der Waals surface area contributed by atoms with Crippen molar-refractivity contribution in [3.8, 4) is 11.4 Å². The summed E-state index contributed by atoms with van der Waals surface area (Å²) in [5.74, 6) is -0.187. The standard InChI is InChI=1S/C26H20F2N6O/c27-26(28)34-23-9-5-4-8-22(23)30-25(34)19-10-12-20(13-11-19)29-24(35)15-14-21-17-33(32-31-21)16-18-6-2-1-3-7-18/h1-15,17,26H,16H2,(H,29,35)/b15-14+. The number of amides is 1. The molecule has 0 aliphatic carbocycles.